The van der Waals surface area contributed by atoms with Crippen LogP contribution in [0.3, 0.4) is 0 Å². The molecular weight excluding hydrogens is 350 g/mol. The van der Waals surface area contributed by atoms with Crippen LogP contribution in [0.5, 0.6) is 0 Å². The summed E-state index contributed by atoms with van der Waals surface area (Å²) in [4.78, 5) is 12.5. The van der Waals surface area contributed by atoms with Crippen LogP contribution in [0, 0.1) is 0 Å². The summed E-state index contributed by atoms with van der Waals surface area (Å²) in [5.41, 5.74) is 3.05. The number of amides is 1. The van der Waals surface area contributed by atoms with Gasteiger partial charge in [0.25, 0.3) is 5.91 Å². The average molecular weight is 364 g/mol. The summed E-state index contributed by atoms with van der Waals surface area (Å²) in [6.07, 6.45) is -0.745. The van der Waals surface area contributed by atoms with Crippen LogP contribution in [0.2, 0.25) is 4.34 Å². The smallest absolute Gasteiger partial charge is 0.261 e. The monoisotopic (exact) mass is 363 g/mol. The Hall–Kier alpha value is -1.66. The maximum absolute atomic E-state index is 11.9. The Morgan fingerprint density at radius 2 is 1.91 bits per heavy atom. The van der Waals surface area contributed by atoms with E-state index in [9.17, 15) is 9.90 Å². The summed E-state index contributed by atoms with van der Waals surface area (Å²) in [7, 11) is 0. The zero-order valence-corrected chi connectivity index (χ0v) is 14.4. The third kappa shape index (κ3) is 4.00. The zero-order valence-electron chi connectivity index (χ0n) is 12.0. The summed E-state index contributed by atoms with van der Waals surface area (Å²) < 4.78 is 0.569. The van der Waals surface area contributed by atoms with Crippen LogP contribution in [0.1, 0.15) is 21.3 Å². The molecule has 118 valence electrons. The number of rotatable bonds is 5. The molecule has 0 saturated carbocycles. The molecule has 0 aliphatic heterocycles. The van der Waals surface area contributed by atoms with E-state index in [4.69, 9.17) is 11.6 Å². The van der Waals surface area contributed by atoms with Gasteiger partial charge in [-0.2, -0.15) is 11.3 Å². The minimum Gasteiger partial charge on any atom is -0.387 e. The van der Waals surface area contributed by atoms with Crippen LogP contribution in [-0.2, 0) is 0 Å². The van der Waals surface area contributed by atoms with E-state index >= 15 is 0 Å². The molecule has 3 aromatic rings. The van der Waals surface area contributed by atoms with E-state index in [1.54, 1.807) is 23.5 Å². The van der Waals surface area contributed by atoms with Crippen LogP contribution in [0.15, 0.2) is 53.2 Å². The van der Waals surface area contributed by atoms with Crippen molar-refractivity contribution >= 4 is 40.2 Å². The van der Waals surface area contributed by atoms with E-state index in [2.05, 4.69) is 16.8 Å². The Morgan fingerprint density at radius 3 is 2.52 bits per heavy atom. The fraction of sp³-hybridized carbons (Fsp3) is 0.118. The first-order valence-corrected chi connectivity index (χ1v) is 9.11. The van der Waals surface area contributed by atoms with Crippen LogP contribution in [0.4, 0.5) is 0 Å². The maximum Gasteiger partial charge on any atom is 0.261 e. The first-order chi connectivity index (χ1) is 11.1. The minimum atomic E-state index is -0.745. The van der Waals surface area contributed by atoms with E-state index in [0.717, 1.165) is 11.1 Å². The highest BCUT2D eigenvalue weighted by atomic mass is 35.5. The highest BCUT2D eigenvalue weighted by Gasteiger charge is 2.12. The number of nitrogens with one attached hydrogen (secondary N) is 1. The molecule has 0 aliphatic rings. The molecule has 23 heavy (non-hydrogen) atoms. The van der Waals surface area contributed by atoms with Gasteiger partial charge < -0.3 is 10.4 Å². The SMILES string of the molecule is O=C(NC[C@@H](O)c1ccc(-c2ccsc2)cc1)c1ccc(Cl)s1. The molecule has 6 heteroatoms. The molecule has 3 nitrogen and oxygen atoms in total. The highest BCUT2D eigenvalue weighted by molar-refractivity contribution is 7.18. The number of aliphatic hydroxyl groups excluding tert-OH is 1. The van der Waals surface area contributed by atoms with Gasteiger partial charge in [0.2, 0.25) is 0 Å². The fourth-order valence-electron chi connectivity index (χ4n) is 2.16. The van der Waals surface area contributed by atoms with Crippen LogP contribution >= 0.6 is 34.3 Å². The van der Waals surface area contributed by atoms with Gasteiger partial charge in [0.15, 0.2) is 0 Å². The van der Waals surface area contributed by atoms with Gasteiger partial charge >= 0.3 is 0 Å². The third-order valence-electron chi connectivity index (χ3n) is 3.40. The van der Waals surface area contributed by atoms with Crippen molar-refractivity contribution in [3.63, 3.8) is 0 Å². The second-order valence-electron chi connectivity index (χ2n) is 4.96. The van der Waals surface area contributed by atoms with Gasteiger partial charge in [-0.05, 0) is 45.6 Å². The van der Waals surface area contributed by atoms with Gasteiger partial charge in [-0.1, -0.05) is 35.9 Å². The third-order valence-corrected chi connectivity index (χ3v) is 5.32. The highest BCUT2D eigenvalue weighted by Crippen LogP contribution is 2.24. The van der Waals surface area contributed by atoms with Gasteiger partial charge in [-0.15, -0.1) is 11.3 Å². The Kier molecular flexibility index (Phi) is 5.13. The molecule has 0 unspecified atom stereocenters. The molecule has 0 bridgehead atoms. The van der Waals surface area contributed by atoms with Gasteiger partial charge in [-0.3, -0.25) is 4.79 Å². The lowest BCUT2D eigenvalue weighted by molar-refractivity contribution is 0.0920. The molecule has 3 rings (SSSR count). The average Bonchev–Trinajstić information content (AvgIpc) is 3.24. The number of hydrogen-bond acceptors (Lipinski definition) is 4. The number of benzene rings is 1. The molecule has 0 aliphatic carbocycles. The predicted octanol–water partition coefficient (Wildman–Crippen LogP) is 4.59. The van der Waals surface area contributed by atoms with E-state index in [1.165, 1.54) is 16.9 Å². The molecule has 2 N–H and O–H groups in total. The lowest BCUT2D eigenvalue weighted by atomic mass is 10.0. The standard InChI is InChI=1S/C17H14ClNO2S2/c18-16-6-5-15(23-16)17(21)19-9-14(20)12-3-1-11(2-4-12)13-7-8-22-10-13/h1-8,10,14,20H,9H2,(H,19,21)/t14-/m1/s1. The first-order valence-electron chi connectivity index (χ1n) is 6.97. The fourth-order valence-corrected chi connectivity index (χ4v) is 3.78. The molecule has 2 heterocycles. The van der Waals surface area contributed by atoms with Crippen molar-refractivity contribution in [1.29, 1.82) is 0 Å². The number of carbonyl (C=O) groups excluding carboxylic acids is 1. The van der Waals surface area contributed by atoms with E-state index in [-0.39, 0.29) is 12.5 Å². The molecule has 0 fully saturated rings. The van der Waals surface area contributed by atoms with Gasteiger partial charge in [0, 0.05) is 6.54 Å². The lowest BCUT2D eigenvalue weighted by Crippen LogP contribution is -2.27. The zero-order chi connectivity index (χ0) is 16.2. The number of carbonyl (C=O) groups is 1. The summed E-state index contributed by atoms with van der Waals surface area (Å²) >= 11 is 8.68. The molecule has 1 aromatic carbocycles. The molecule has 1 atom stereocenters. The summed E-state index contributed by atoms with van der Waals surface area (Å²) in [6.45, 7) is 0.159. The normalized spacial score (nSPS) is 12.1. The molecule has 2 aromatic heterocycles. The number of halogens is 1. The van der Waals surface area contributed by atoms with Crippen molar-refractivity contribution in [2.45, 2.75) is 6.10 Å². The Bertz CT molecular complexity index is 781. The molecular formula is C17H14ClNO2S2. The minimum absolute atomic E-state index is 0.159. The van der Waals surface area contributed by atoms with Gasteiger partial charge in [0.1, 0.15) is 0 Å². The first kappa shape index (κ1) is 16.2. The van der Waals surface area contributed by atoms with Crippen molar-refractivity contribution < 1.29 is 9.90 Å². The van der Waals surface area contributed by atoms with Crippen LogP contribution in [-0.4, -0.2) is 17.6 Å². The van der Waals surface area contributed by atoms with Crippen LogP contribution < -0.4 is 5.32 Å². The lowest BCUT2D eigenvalue weighted by Gasteiger charge is -2.12. The van der Waals surface area contributed by atoms with Gasteiger partial charge in [-0.25, -0.2) is 0 Å². The topological polar surface area (TPSA) is 49.3 Å². The van der Waals surface area contributed by atoms with E-state index < -0.39 is 6.10 Å². The van der Waals surface area contributed by atoms with Crippen molar-refractivity contribution in [1.82, 2.24) is 5.32 Å². The summed E-state index contributed by atoms with van der Waals surface area (Å²) in [6, 6.07) is 13.1. The maximum atomic E-state index is 11.9. The van der Waals surface area contributed by atoms with Crippen molar-refractivity contribution in [3.05, 3.63) is 68.0 Å². The molecule has 0 radical (unpaired) electrons. The molecule has 0 spiro atoms. The van der Waals surface area contributed by atoms with E-state index in [0.29, 0.717) is 9.21 Å². The van der Waals surface area contributed by atoms with Crippen molar-refractivity contribution in [3.8, 4) is 11.1 Å². The largest absolute Gasteiger partial charge is 0.387 e. The number of thiophene rings is 2. The molecule has 0 saturated heterocycles. The summed E-state index contributed by atoms with van der Waals surface area (Å²) in [5.74, 6) is -0.226. The van der Waals surface area contributed by atoms with Gasteiger partial charge in [0.05, 0.1) is 15.3 Å². The number of aliphatic hydroxyl groups is 1. The van der Waals surface area contributed by atoms with Crippen molar-refractivity contribution in [2.24, 2.45) is 0 Å². The Morgan fingerprint density at radius 1 is 1.13 bits per heavy atom. The summed E-state index contributed by atoms with van der Waals surface area (Å²) in [5, 5.41) is 17.0. The van der Waals surface area contributed by atoms with E-state index in [1.807, 2.05) is 29.6 Å². The predicted molar refractivity (Wildman–Crippen MR) is 96.4 cm³/mol. The van der Waals surface area contributed by atoms with Crippen LogP contribution in [0.25, 0.3) is 11.1 Å². The molecule has 1 amide bonds. The second kappa shape index (κ2) is 7.27. The number of hydrogen-bond donors (Lipinski definition) is 2. The Labute approximate surface area is 147 Å². The quantitative estimate of drug-likeness (QED) is 0.696. The second-order valence-corrected chi connectivity index (χ2v) is 7.46. The Balaban J connectivity index is 1.60. The van der Waals surface area contributed by atoms with Crippen molar-refractivity contribution in [2.75, 3.05) is 6.54 Å².